The van der Waals surface area contributed by atoms with Gasteiger partial charge in [0, 0.05) is 22.8 Å². The summed E-state index contributed by atoms with van der Waals surface area (Å²) < 4.78 is 17.5. The molecule has 3 aromatic carbocycles. The van der Waals surface area contributed by atoms with Crippen molar-refractivity contribution in [2.75, 3.05) is 32.4 Å². The number of hydrogen-bond acceptors (Lipinski definition) is 7. The molecular formula is C25H22ClN3O5S. The van der Waals surface area contributed by atoms with Crippen molar-refractivity contribution in [3.8, 4) is 22.9 Å². The van der Waals surface area contributed by atoms with Crippen LogP contribution < -0.4 is 25.1 Å². The van der Waals surface area contributed by atoms with Crippen LogP contribution in [0, 0.1) is 0 Å². The van der Waals surface area contributed by atoms with E-state index in [0.29, 0.717) is 49.7 Å². The molecule has 0 saturated carbocycles. The summed E-state index contributed by atoms with van der Waals surface area (Å²) in [4.78, 5) is 30.8. The number of nitrogens with zero attached hydrogens (tertiary/aromatic N) is 2. The zero-order chi connectivity index (χ0) is 24.9. The quantitative estimate of drug-likeness (QED) is 0.268. The molecule has 0 aliphatic rings. The van der Waals surface area contributed by atoms with Crippen LogP contribution in [0.4, 0.5) is 5.69 Å². The molecule has 8 nitrogen and oxygen atoms in total. The molecule has 4 rings (SSSR count). The Kier molecular flexibility index (Phi) is 7.48. The van der Waals surface area contributed by atoms with Gasteiger partial charge in [0.2, 0.25) is 11.7 Å². The molecule has 10 heteroatoms. The van der Waals surface area contributed by atoms with E-state index in [2.05, 4.69) is 10.3 Å². The number of para-hydroxylation sites is 1. The lowest BCUT2D eigenvalue weighted by molar-refractivity contribution is -0.113. The van der Waals surface area contributed by atoms with E-state index in [1.807, 2.05) is 18.2 Å². The molecule has 0 aliphatic heterocycles. The van der Waals surface area contributed by atoms with Crippen LogP contribution in [-0.4, -0.2) is 42.5 Å². The number of benzene rings is 3. The highest BCUT2D eigenvalue weighted by Crippen LogP contribution is 2.40. The maximum Gasteiger partial charge on any atom is 0.266 e. The Balaban J connectivity index is 1.64. The van der Waals surface area contributed by atoms with Crippen molar-refractivity contribution in [3.05, 3.63) is 76.0 Å². The molecule has 0 fully saturated rings. The molecule has 0 aliphatic carbocycles. The SMILES string of the molecule is COc1cc(NC(=O)CSc2nc3ccc(Cl)cc3c(=O)n2-c2ccccc2)cc(OC)c1OC. The van der Waals surface area contributed by atoms with Gasteiger partial charge in [-0.25, -0.2) is 4.98 Å². The standard InChI is InChI=1S/C25H22ClN3O5S/c1-32-20-12-16(13-21(33-2)23(20)34-3)27-22(30)14-35-25-28-19-10-9-15(26)11-18(19)24(31)29(25)17-7-5-4-6-8-17/h4-13H,14H2,1-3H3,(H,27,30). The minimum absolute atomic E-state index is 0.00896. The minimum atomic E-state index is -0.297. The molecule has 1 amide bonds. The van der Waals surface area contributed by atoms with Crippen LogP contribution in [0.15, 0.2) is 70.6 Å². The van der Waals surface area contributed by atoms with Crippen molar-refractivity contribution in [1.82, 2.24) is 9.55 Å². The van der Waals surface area contributed by atoms with Crippen LogP contribution >= 0.6 is 23.4 Å². The van der Waals surface area contributed by atoms with Crippen LogP contribution in [0.1, 0.15) is 0 Å². The lowest BCUT2D eigenvalue weighted by Gasteiger charge is -2.15. The summed E-state index contributed by atoms with van der Waals surface area (Å²) in [5, 5.41) is 4.05. The second-order valence-corrected chi connectivity index (χ2v) is 8.66. The molecule has 0 radical (unpaired) electrons. The zero-order valence-corrected chi connectivity index (χ0v) is 20.8. The number of hydrogen-bond donors (Lipinski definition) is 1. The van der Waals surface area contributed by atoms with Crippen molar-refractivity contribution >= 4 is 45.9 Å². The normalized spacial score (nSPS) is 10.7. The molecule has 1 aromatic heterocycles. The summed E-state index contributed by atoms with van der Waals surface area (Å²) in [7, 11) is 4.51. The van der Waals surface area contributed by atoms with E-state index in [-0.39, 0.29) is 17.2 Å². The van der Waals surface area contributed by atoms with Crippen LogP contribution in [0.3, 0.4) is 0 Å². The molecule has 0 saturated heterocycles. The monoisotopic (exact) mass is 511 g/mol. The Labute approximate surface area is 210 Å². The number of amides is 1. The number of nitrogens with one attached hydrogen (secondary N) is 1. The van der Waals surface area contributed by atoms with Gasteiger partial charge in [0.1, 0.15) is 0 Å². The summed E-state index contributed by atoms with van der Waals surface area (Å²) in [6.07, 6.45) is 0. The van der Waals surface area contributed by atoms with Gasteiger partial charge < -0.3 is 19.5 Å². The molecule has 0 spiro atoms. The van der Waals surface area contributed by atoms with E-state index in [4.69, 9.17) is 25.8 Å². The lowest BCUT2D eigenvalue weighted by atomic mass is 10.2. The van der Waals surface area contributed by atoms with Gasteiger partial charge in [-0.1, -0.05) is 41.6 Å². The molecule has 1 heterocycles. The molecule has 0 bridgehead atoms. The maximum absolute atomic E-state index is 13.3. The van der Waals surface area contributed by atoms with Gasteiger partial charge in [-0.05, 0) is 30.3 Å². The van der Waals surface area contributed by atoms with Gasteiger partial charge in [0.15, 0.2) is 16.7 Å². The van der Waals surface area contributed by atoms with Crippen molar-refractivity contribution < 1.29 is 19.0 Å². The second kappa shape index (κ2) is 10.7. The van der Waals surface area contributed by atoms with E-state index in [1.165, 1.54) is 25.9 Å². The third-order valence-corrected chi connectivity index (χ3v) is 6.27. The Morgan fingerprint density at radius 3 is 2.31 bits per heavy atom. The Bertz CT molecular complexity index is 1420. The fourth-order valence-electron chi connectivity index (χ4n) is 3.52. The number of halogens is 1. The number of thioether (sulfide) groups is 1. The van der Waals surface area contributed by atoms with Crippen LogP contribution in [-0.2, 0) is 4.79 Å². The Morgan fingerprint density at radius 1 is 1.00 bits per heavy atom. The highest BCUT2D eigenvalue weighted by Gasteiger charge is 2.17. The number of carbonyl (C=O) groups is 1. The van der Waals surface area contributed by atoms with Gasteiger partial charge in [-0.2, -0.15) is 0 Å². The van der Waals surface area contributed by atoms with E-state index in [9.17, 15) is 9.59 Å². The maximum atomic E-state index is 13.3. The van der Waals surface area contributed by atoms with Gasteiger partial charge in [-0.15, -0.1) is 0 Å². The smallest absolute Gasteiger partial charge is 0.266 e. The van der Waals surface area contributed by atoms with Crippen LogP contribution in [0.2, 0.25) is 5.02 Å². The summed E-state index contributed by atoms with van der Waals surface area (Å²) >= 11 is 7.26. The van der Waals surface area contributed by atoms with Crippen LogP contribution in [0.5, 0.6) is 17.2 Å². The number of fused-ring (bicyclic) bond motifs is 1. The number of ether oxygens (including phenoxy) is 3. The number of aromatic nitrogens is 2. The summed E-state index contributed by atoms with van der Waals surface area (Å²) in [5.41, 5.74) is 1.35. The first-order chi connectivity index (χ1) is 16.9. The van der Waals surface area contributed by atoms with Crippen LogP contribution in [0.25, 0.3) is 16.6 Å². The fourth-order valence-corrected chi connectivity index (χ4v) is 4.50. The van der Waals surface area contributed by atoms with Crippen molar-refractivity contribution in [2.24, 2.45) is 0 Å². The molecule has 0 atom stereocenters. The molecular weight excluding hydrogens is 490 g/mol. The first-order valence-electron chi connectivity index (χ1n) is 10.5. The number of anilines is 1. The largest absolute Gasteiger partial charge is 0.493 e. The molecule has 1 N–H and O–H groups in total. The van der Waals surface area contributed by atoms with Crippen molar-refractivity contribution in [3.63, 3.8) is 0 Å². The molecule has 180 valence electrons. The predicted octanol–water partition coefficient (Wildman–Crippen LogP) is 4.80. The van der Waals surface area contributed by atoms with Gasteiger partial charge >= 0.3 is 0 Å². The summed E-state index contributed by atoms with van der Waals surface area (Å²) in [5.74, 6) is 0.976. The third-order valence-electron chi connectivity index (χ3n) is 5.09. The molecule has 4 aromatic rings. The molecule has 0 unspecified atom stereocenters. The highest BCUT2D eigenvalue weighted by atomic mass is 35.5. The second-order valence-electron chi connectivity index (χ2n) is 7.28. The van der Waals surface area contributed by atoms with E-state index >= 15 is 0 Å². The fraction of sp³-hybridized carbons (Fsp3) is 0.160. The lowest BCUT2D eigenvalue weighted by Crippen LogP contribution is -2.23. The number of carbonyl (C=O) groups excluding carboxylic acids is 1. The van der Waals surface area contributed by atoms with Crippen molar-refractivity contribution in [1.29, 1.82) is 0 Å². The Hall–Kier alpha value is -3.69. The van der Waals surface area contributed by atoms with E-state index in [0.717, 1.165) is 11.8 Å². The summed E-state index contributed by atoms with van der Waals surface area (Å²) in [6, 6.07) is 17.4. The average molecular weight is 512 g/mol. The highest BCUT2D eigenvalue weighted by molar-refractivity contribution is 7.99. The first kappa shape index (κ1) is 24.4. The van der Waals surface area contributed by atoms with Crippen molar-refractivity contribution in [2.45, 2.75) is 5.16 Å². The first-order valence-corrected chi connectivity index (χ1v) is 11.8. The zero-order valence-electron chi connectivity index (χ0n) is 19.2. The van der Waals surface area contributed by atoms with Gasteiger partial charge in [0.05, 0.1) is 43.7 Å². The Morgan fingerprint density at radius 2 is 1.69 bits per heavy atom. The van der Waals surface area contributed by atoms with E-state index < -0.39 is 0 Å². The summed E-state index contributed by atoms with van der Waals surface area (Å²) in [6.45, 7) is 0. The number of methoxy groups -OCH3 is 3. The minimum Gasteiger partial charge on any atom is -0.493 e. The predicted molar refractivity (Wildman–Crippen MR) is 138 cm³/mol. The number of rotatable bonds is 8. The van der Waals surface area contributed by atoms with E-state index in [1.54, 1.807) is 42.5 Å². The van der Waals surface area contributed by atoms with Gasteiger partial charge in [-0.3, -0.25) is 14.2 Å². The average Bonchev–Trinajstić information content (AvgIpc) is 2.87. The topological polar surface area (TPSA) is 91.7 Å². The van der Waals surface area contributed by atoms with Gasteiger partial charge in [0.25, 0.3) is 5.56 Å². The molecule has 35 heavy (non-hydrogen) atoms. The third kappa shape index (κ3) is 5.21.